The van der Waals surface area contributed by atoms with Gasteiger partial charge in [0, 0.05) is 25.5 Å². The predicted octanol–water partition coefficient (Wildman–Crippen LogP) is 2.68. The van der Waals surface area contributed by atoms with Crippen LogP contribution in [0.1, 0.15) is 12.5 Å². The number of rotatable bonds is 6. The minimum atomic E-state index is -3.54. The van der Waals surface area contributed by atoms with Gasteiger partial charge in [0.2, 0.25) is 15.9 Å². The fraction of sp³-hybridized carbons (Fsp3) is 0.278. The van der Waals surface area contributed by atoms with E-state index in [1.54, 1.807) is 44.2 Å². The summed E-state index contributed by atoms with van der Waals surface area (Å²) in [6.45, 7) is 3.46. The van der Waals surface area contributed by atoms with Gasteiger partial charge in [-0.25, -0.2) is 12.7 Å². The Morgan fingerprint density at radius 3 is 2.28 bits per heavy atom. The van der Waals surface area contributed by atoms with Crippen molar-refractivity contribution in [1.29, 1.82) is 0 Å². The number of benzene rings is 2. The molecule has 0 fully saturated rings. The fourth-order valence-corrected chi connectivity index (χ4v) is 3.40. The molecule has 134 valence electrons. The molecule has 0 saturated heterocycles. The Hall–Kier alpha value is -2.38. The van der Waals surface area contributed by atoms with Gasteiger partial charge < -0.3 is 10.6 Å². The number of hydrogen-bond acceptors (Lipinski definition) is 4. The van der Waals surface area contributed by atoms with Crippen molar-refractivity contribution < 1.29 is 13.2 Å². The number of hydrogen-bond donors (Lipinski definition) is 2. The van der Waals surface area contributed by atoms with Crippen LogP contribution in [-0.4, -0.2) is 38.8 Å². The number of carbonyl (C=O) groups is 1. The average Bonchev–Trinajstić information content (AvgIpc) is 2.57. The molecule has 0 unspecified atom stereocenters. The van der Waals surface area contributed by atoms with Gasteiger partial charge in [0.15, 0.2) is 0 Å². The zero-order valence-corrected chi connectivity index (χ0v) is 15.6. The molecule has 0 aromatic heterocycles. The van der Waals surface area contributed by atoms with Crippen molar-refractivity contribution in [3.05, 3.63) is 54.1 Å². The van der Waals surface area contributed by atoms with Crippen LogP contribution in [0.2, 0.25) is 0 Å². The van der Waals surface area contributed by atoms with E-state index >= 15 is 0 Å². The van der Waals surface area contributed by atoms with Crippen LogP contribution >= 0.6 is 0 Å². The molecule has 0 saturated carbocycles. The van der Waals surface area contributed by atoms with Crippen LogP contribution in [-0.2, 0) is 14.8 Å². The predicted molar refractivity (Wildman–Crippen MR) is 100 cm³/mol. The fourth-order valence-electron chi connectivity index (χ4n) is 2.25. The minimum absolute atomic E-state index is 0.205. The lowest BCUT2D eigenvalue weighted by Crippen LogP contribution is -2.32. The highest BCUT2D eigenvalue weighted by molar-refractivity contribution is 7.89. The van der Waals surface area contributed by atoms with E-state index in [4.69, 9.17) is 0 Å². The van der Waals surface area contributed by atoms with Crippen LogP contribution < -0.4 is 10.6 Å². The lowest BCUT2D eigenvalue weighted by molar-refractivity contribution is -0.116. The molecule has 0 radical (unpaired) electrons. The third-order valence-electron chi connectivity index (χ3n) is 3.76. The molecule has 2 aromatic carbocycles. The van der Waals surface area contributed by atoms with E-state index in [2.05, 4.69) is 10.6 Å². The summed E-state index contributed by atoms with van der Waals surface area (Å²) in [5.74, 6) is -0.205. The topological polar surface area (TPSA) is 78.5 Å². The van der Waals surface area contributed by atoms with Crippen molar-refractivity contribution >= 4 is 27.3 Å². The third-order valence-corrected chi connectivity index (χ3v) is 5.72. The molecule has 0 spiro atoms. The van der Waals surface area contributed by atoms with Crippen molar-refractivity contribution in [2.75, 3.05) is 24.7 Å². The maximum atomic E-state index is 12.4. The first-order valence-electron chi connectivity index (χ1n) is 7.87. The van der Waals surface area contributed by atoms with Crippen LogP contribution in [0.25, 0.3) is 0 Å². The van der Waals surface area contributed by atoms with Gasteiger partial charge in [-0.05, 0) is 43.7 Å². The normalized spacial score (nSPS) is 12.7. The summed E-state index contributed by atoms with van der Waals surface area (Å²) in [5.41, 5.74) is 1.93. The highest BCUT2D eigenvalue weighted by atomic mass is 32.2. The van der Waals surface area contributed by atoms with Gasteiger partial charge in [0.05, 0.1) is 4.90 Å². The number of para-hydroxylation sites is 1. The van der Waals surface area contributed by atoms with Gasteiger partial charge in [0.1, 0.15) is 6.04 Å². The summed E-state index contributed by atoms with van der Waals surface area (Å²) in [7, 11) is -0.560. The van der Waals surface area contributed by atoms with Crippen molar-refractivity contribution in [1.82, 2.24) is 4.31 Å². The molecule has 0 aliphatic carbocycles. The standard InChI is InChI=1S/C18H23N3O3S/c1-13-10-11-16(12-17(13)25(23,24)21(3)4)19-14(2)18(22)20-15-8-6-5-7-9-15/h5-12,14,19H,1-4H3,(H,20,22)/t14-/m0/s1. The second-order valence-corrected chi connectivity index (χ2v) is 8.11. The summed E-state index contributed by atoms with van der Waals surface area (Å²) in [6, 6.07) is 13.7. The van der Waals surface area contributed by atoms with Gasteiger partial charge in [-0.15, -0.1) is 0 Å². The highest BCUT2D eigenvalue weighted by Gasteiger charge is 2.21. The maximum absolute atomic E-state index is 12.4. The lowest BCUT2D eigenvalue weighted by atomic mass is 10.2. The Morgan fingerprint density at radius 1 is 1.04 bits per heavy atom. The van der Waals surface area contributed by atoms with E-state index in [0.717, 1.165) is 0 Å². The summed E-state index contributed by atoms with van der Waals surface area (Å²) >= 11 is 0. The van der Waals surface area contributed by atoms with Crippen LogP contribution in [0.4, 0.5) is 11.4 Å². The zero-order valence-electron chi connectivity index (χ0n) is 14.8. The van der Waals surface area contributed by atoms with Gasteiger partial charge >= 0.3 is 0 Å². The van der Waals surface area contributed by atoms with Crippen molar-refractivity contribution in [2.45, 2.75) is 24.8 Å². The number of anilines is 2. The number of carbonyl (C=O) groups excluding carboxylic acids is 1. The first kappa shape index (κ1) is 19.0. The maximum Gasteiger partial charge on any atom is 0.246 e. The lowest BCUT2D eigenvalue weighted by Gasteiger charge is -2.18. The molecule has 25 heavy (non-hydrogen) atoms. The number of amides is 1. The number of aryl methyl sites for hydroxylation is 1. The highest BCUT2D eigenvalue weighted by Crippen LogP contribution is 2.23. The van der Waals surface area contributed by atoms with E-state index in [0.29, 0.717) is 16.9 Å². The molecule has 0 aliphatic rings. The molecule has 2 N–H and O–H groups in total. The minimum Gasteiger partial charge on any atom is -0.374 e. The number of sulfonamides is 1. The number of nitrogens with zero attached hydrogens (tertiary/aromatic N) is 1. The van der Waals surface area contributed by atoms with Crippen LogP contribution in [0.5, 0.6) is 0 Å². The molecule has 0 bridgehead atoms. The van der Waals surface area contributed by atoms with Gasteiger partial charge in [-0.1, -0.05) is 24.3 Å². The van der Waals surface area contributed by atoms with Crippen molar-refractivity contribution in [3.63, 3.8) is 0 Å². The number of nitrogens with one attached hydrogen (secondary N) is 2. The summed E-state index contributed by atoms with van der Waals surface area (Å²) in [5, 5.41) is 5.85. The molecule has 1 amide bonds. The van der Waals surface area contributed by atoms with Gasteiger partial charge in [-0.3, -0.25) is 4.79 Å². The molecule has 2 rings (SSSR count). The zero-order chi connectivity index (χ0) is 18.6. The largest absolute Gasteiger partial charge is 0.374 e. The van der Waals surface area contributed by atoms with Crippen LogP contribution in [0.15, 0.2) is 53.4 Å². The summed E-state index contributed by atoms with van der Waals surface area (Å²) in [6.07, 6.45) is 0. The quantitative estimate of drug-likeness (QED) is 0.829. The monoisotopic (exact) mass is 361 g/mol. The Morgan fingerprint density at radius 2 is 1.68 bits per heavy atom. The molecule has 7 heteroatoms. The van der Waals surface area contributed by atoms with Crippen LogP contribution in [0, 0.1) is 6.92 Å². The average molecular weight is 361 g/mol. The van der Waals surface area contributed by atoms with Crippen molar-refractivity contribution in [3.8, 4) is 0 Å². The summed E-state index contributed by atoms with van der Waals surface area (Å²) in [4.78, 5) is 12.5. The Kier molecular flexibility index (Phi) is 5.81. The van der Waals surface area contributed by atoms with E-state index < -0.39 is 16.1 Å². The Bertz CT molecular complexity index is 849. The molecular formula is C18H23N3O3S. The van der Waals surface area contributed by atoms with Gasteiger partial charge in [-0.2, -0.15) is 0 Å². The first-order valence-corrected chi connectivity index (χ1v) is 9.31. The SMILES string of the molecule is Cc1ccc(N[C@@H](C)C(=O)Nc2ccccc2)cc1S(=O)(=O)N(C)C. The Balaban J connectivity index is 2.16. The molecule has 0 heterocycles. The molecule has 1 atom stereocenters. The second kappa shape index (κ2) is 7.67. The van der Waals surface area contributed by atoms with Crippen molar-refractivity contribution in [2.24, 2.45) is 0 Å². The van der Waals surface area contributed by atoms with E-state index in [1.807, 2.05) is 18.2 Å². The smallest absolute Gasteiger partial charge is 0.246 e. The third kappa shape index (κ3) is 4.58. The van der Waals surface area contributed by atoms with E-state index in [9.17, 15) is 13.2 Å². The van der Waals surface area contributed by atoms with E-state index in [1.165, 1.54) is 18.4 Å². The molecule has 2 aromatic rings. The summed E-state index contributed by atoms with van der Waals surface area (Å²) < 4.78 is 25.9. The van der Waals surface area contributed by atoms with Crippen LogP contribution in [0.3, 0.4) is 0 Å². The van der Waals surface area contributed by atoms with E-state index in [-0.39, 0.29) is 10.8 Å². The molecule has 0 aliphatic heterocycles. The van der Waals surface area contributed by atoms with Gasteiger partial charge in [0.25, 0.3) is 0 Å². The Labute approximate surface area is 148 Å². The molecular weight excluding hydrogens is 338 g/mol. The first-order chi connectivity index (χ1) is 11.7. The second-order valence-electron chi connectivity index (χ2n) is 5.99. The molecule has 6 nitrogen and oxygen atoms in total.